The van der Waals surface area contributed by atoms with Crippen molar-refractivity contribution in [3.8, 4) is 0 Å². The van der Waals surface area contributed by atoms with Crippen LogP contribution in [0.25, 0.3) is 6.08 Å². The van der Waals surface area contributed by atoms with Gasteiger partial charge in [-0.15, -0.1) is 11.6 Å². The maximum absolute atomic E-state index is 13.2. The van der Waals surface area contributed by atoms with E-state index in [1.807, 2.05) is 0 Å². The molecule has 1 aromatic rings. The van der Waals surface area contributed by atoms with Gasteiger partial charge in [0, 0.05) is 11.4 Å². The Hall–Kier alpha value is -0.340. The minimum Gasteiger partial charge on any atom is -0.205 e. The Morgan fingerprint density at radius 2 is 2.25 bits per heavy atom. The van der Waals surface area contributed by atoms with Crippen molar-refractivity contribution in [2.45, 2.75) is 0 Å². The van der Waals surface area contributed by atoms with Gasteiger partial charge in [0.25, 0.3) is 0 Å². The lowest BCUT2D eigenvalue weighted by atomic mass is 10.2. The number of hydrogen-bond acceptors (Lipinski definition) is 0. The molecule has 0 atom stereocenters. The Bertz CT molecular complexity index is 297. The molecule has 0 unspecified atom stereocenters. The third-order valence-corrected chi connectivity index (χ3v) is 2.16. The largest absolute Gasteiger partial charge is 0.205 e. The summed E-state index contributed by atoms with van der Waals surface area (Å²) in [5, 5.41) is 0. The van der Waals surface area contributed by atoms with Crippen LogP contribution >= 0.6 is 27.5 Å². The Labute approximate surface area is 84.2 Å². The van der Waals surface area contributed by atoms with Gasteiger partial charge in [-0.2, -0.15) is 0 Å². The zero-order valence-corrected chi connectivity index (χ0v) is 8.57. The van der Waals surface area contributed by atoms with E-state index in [0.717, 1.165) is 0 Å². The summed E-state index contributed by atoms with van der Waals surface area (Å²) in [6.45, 7) is 0. The molecule has 0 spiro atoms. The minimum atomic E-state index is -0.251. The predicted octanol–water partition coefficient (Wildman–Crippen LogP) is 3.84. The SMILES string of the molecule is Fc1c(Br)cccc1C=CCCl. The van der Waals surface area contributed by atoms with Crippen molar-refractivity contribution < 1.29 is 4.39 Å². The van der Waals surface area contributed by atoms with Crippen LogP contribution in [-0.2, 0) is 0 Å². The maximum atomic E-state index is 13.2. The average Bonchev–Trinajstić information content (AvgIpc) is 2.08. The van der Waals surface area contributed by atoms with Gasteiger partial charge in [-0.25, -0.2) is 4.39 Å². The number of benzene rings is 1. The molecule has 0 aliphatic heterocycles. The van der Waals surface area contributed by atoms with Crippen LogP contribution in [0.4, 0.5) is 4.39 Å². The minimum absolute atomic E-state index is 0.251. The first-order valence-electron chi connectivity index (χ1n) is 3.42. The molecule has 0 heterocycles. The molecule has 0 saturated heterocycles. The van der Waals surface area contributed by atoms with Crippen molar-refractivity contribution in [1.82, 2.24) is 0 Å². The van der Waals surface area contributed by atoms with Crippen LogP contribution in [0.1, 0.15) is 5.56 Å². The Morgan fingerprint density at radius 3 is 2.92 bits per heavy atom. The lowest BCUT2D eigenvalue weighted by Gasteiger charge is -1.97. The van der Waals surface area contributed by atoms with E-state index in [0.29, 0.717) is 15.9 Å². The van der Waals surface area contributed by atoms with Gasteiger partial charge in [-0.3, -0.25) is 0 Å². The summed E-state index contributed by atoms with van der Waals surface area (Å²) in [7, 11) is 0. The molecule has 3 heteroatoms. The fourth-order valence-electron chi connectivity index (χ4n) is 0.821. The summed E-state index contributed by atoms with van der Waals surface area (Å²) in [6.07, 6.45) is 3.36. The molecule has 1 rings (SSSR count). The number of halogens is 3. The zero-order chi connectivity index (χ0) is 8.97. The van der Waals surface area contributed by atoms with Crippen LogP contribution in [0, 0.1) is 5.82 Å². The first-order valence-corrected chi connectivity index (χ1v) is 4.75. The fraction of sp³-hybridized carbons (Fsp3) is 0.111. The number of alkyl halides is 1. The van der Waals surface area contributed by atoms with Gasteiger partial charge < -0.3 is 0 Å². The molecule has 0 N–H and O–H groups in total. The van der Waals surface area contributed by atoms with E-state index in [9.17, 15) is 4.39 Å². The summed E-state index contributed by atoms with van der Waals surface area (Å²) in [5.41, 5.74) is 0.546. The maximum Gasteiger partial charge on any atom is 0.144 e. The van der Waals surface area contributed by atoms with Gasteiger partial charge in [0.1, 0.15) is 5.82 Å². The summed E-state index contributed by atoms with van der Waals surface area (Å²) >= 11 is 8.52. The highest BCUT2D eigenvalue weighted by Gasteiger charge is 2.01. The van der Waals surface area contributed by atoms with Crippen LogP contribution in [0.5, 0.6) is 0 Å². The molecule has 1 aromatic carbocycles. The van der Waals surface area contributed by atoms with Crippen LogP contribution in [0.3, 0.4) is 0 Å². The average molecular weight is 250 g/mol. The Balaban J connectivity index is 3.00. The molecule has 0 aliphatic rings. The third-order valence-electron chi connectivity index (χ3n) is 1.37. The van der Waals surface area contributed by atoms with Crippen molar-refractivity contribution in [3.05, 3.63) is 40.1 Å². The van der Waals surface area contributed by atoms with Crippen molar-refractivity contribution in [2.75, 3.05) is 5.88 Å². The first-order chi connectivity index (χ1) is 5.75. The van der Waals surface area contributed by atoms with Gasteiger partial charge >= 0.3 is 0 Å². The van der Waals surface area contributed by atoms with E-state index in [4.69, 9.17) is 11.6 Å². The summed E-state index contributed by atoms with van der Waals surface area (Å²) < 4.78 is 13.7. The van der Waals surface area contributed by atoms with Gasteiger partial charge in [0.05, 0.1) is 4.47 Å². The molecular weight excluding hydrogens is 242 g/mol. The van der Waals surface area contributed by atoms with E-state index in [1.54, 1.807) is 30.4 Å². The second-order valence-corrected chi connectivity index (χ2v) is 3.36. The van der Waals surface area contributed by atoms with E-state index >= 15 is 0 Å². The quantitative estimate of drug-likeness (QED) is 0.699. The van der Waals surface area contributed by atoms with Crippen molar-refractivity contribution in [1.29, 1.82) is 0 Å². The second-order valence-electron chi connectivity index (χ2n) is 2.20. The van der Waals surface area contributed by atoms with Crippen molar-refractivity contribution in [2.24, 2.45) is 0 Å². The summed E-state index contributed by atoms with van der Waals surface area (Å²) in [5.74, 6) is 0.144. The predicted molar refractivity (Wildman–Crippen MR) is 53.9 cm³/mol. The molecule has 0 nitrogen and oxygen atoms in total. The molecule has 0 bridgehead atoms. The van der Waals surface area contributed by atoms with Crippen LogP contribution < -0.4 is 0 Å². The van der Waals surface area contributed by atoms with Gasteiger partial charge in [0.15, 0.2) is 0 Å². The Morgan fingerprint density at radius 1 is 1.50 bits per heavy atom. The van der Waals surface area contributed by atoms with Crippen LogP contribution in [0.2, 0.25) is 0 Å². The molecular formula is C9H7BrClF. The fourth-order valence-corrected chi connectivity index (χ4v) is 1.29. The standard InChI is InChI=1S/C9H7BrClF/c10-8-5-1-3-7(9(8)12)4-2-6-11/h1-5H,6H2. The highest BCUT2D eigenvalue weighted by molar-refractivity contribution is 9.10. The van der Waals surface area contributed by atoms with Crippen LogP contribution in [0.15, 0.2) is 28.7 Å². The lowest BCUT2D eigenvalue weighted by molar-refractivity contribution is 0.618. The molecule has 0 amide bonds. The number of rotatable bonds is 2. The Kier molecular flexibility index (Phi) is 3.76. The zero-order valence-electron chi connectivity index (χ0n) is 6.23. The highest BCUT2D eigenvalue weighted by atomic mass is 79.9. The van der Waals surface area contributed by atoms with Gasteiger partial charge in [0.2, 0.25) is 0 Å². The van der Waals surface area contributed by atoms with Gasteiger partial charge in [-0.1, -0.05) is 24.3 Å². The van der Waals surface area contributed by atoms with Crippen LogP contribution in [-0.4, -0.2) is 5.88 Å². The smallest absolute Gasteiger partial charge is 0.144 e. The van der Waals surface area contributed by atoms with E-state index in [-0.39, 0.29) is 5.82 Å². The summed E-state index contributed by atoms with van der Waals surface area (Å²) in [6, 6.07) is 5.14. The first kappa shape index (κ1) is 9.75. The topological polar surface area (TPSA) is 0 Å². The number of allylic oxidation sites excluding steroid dienone is 1. The second kappa shape index (κ2) is 4.63. The van der Waals surface area contributed by atoms with Gasteiger partial charge in [-0.05, 0) is 22.0 Å². The van der Waals surface area contributed by atoms with Crippen molar-refractivity contribution in [3.63, 3.8) is 0 Å². The molecule has 12 heavy (non-hydrogen) atoms. The summed E-state index contributed by atoms with van der Waals surface area (Å²) in [4.78, 5) is 0. The van der Waals surface area contributed by atoms with Crippen molar-refractivity contribution >= 4 is 33.6 Å². The lowest BCUT2D eigenvalue weighted by Crippen LogP contribution is -1.82. The highest BCUT2D eigenvalue weighted by Crippen LogP contribution is 2.19. The molecule has 64 valence electrons. The number of hydrogen-bond donors (Lipinski definition) is 0. The molecule has 0 aliphatic carbocycles. The van der Waals surface area contributed by atoms with E-state index in [1.165, 1.54) is 0 Å². The van der Waals surface area contributed by atoms with E-state index < -0.39 is 0 Å². The monoisotopic (exact) mass is 248 g/mol. The molecule has 0 saturated carbocycles. The third kappa shape index (κ3) is 2.32. The molecule has 0 radical (unpaired) electrons. The molecule has 0 fully saturated rings. The van der Waals surface area contributed by atoms with E-state index in [2.05, 4.69) is 15.9 Å². The molecule has 0 aromatic heterocycles. The normalized spacial score (nSPS) is 10.9.